The van der Waals surface area contributed by atoms with Crippen LogP contribution in [0.15, 0.2) is 48.8 Å². The summed E-state index contributed by atoms with van der Waals surface area (Å²) in [7, 11) is 0. The molecule has 21 heavy (non-hydrogen) atoms. The highest BCUT2D eigenvalue weighted by Gasteiger charge is 2.18. The van der Waals surface area contributed by atoms with Crippen molar-refractivity contribution in [1.29, 1.82) is 5.26 Å². The maximum Gasteiger partial charge on any atom is 0.232 e. The third kappa shape index (κ3) is 3.61. The fraction of sp³-hybridized carbons (Fsp3) is 0.333. The average Bonchev–Trinajstić information content (AvgIpc) is 2.98. The summed E-state index contributed by atoms with van der Waals surface area (Å²) in [6.07, 6.45) is 3.61. The van der Waals surface area contributed by atoms with Crippen LogP contribution < -0.4 is 0 Å². The second-order valence-corrected chi connectivity index (χ2v) is 6.24. The zero-order valence-corrected chi connectivity index (χ0v) is 12.7. The Hall–Kier alpha value is -2.34. The number of hydrogen-bond donors (Lipinski definition) is 0. The molecule has 0 N–H and O–H groups in total. The molecule has 1 atom stereocenters. The van der Waals surface area contributed by atoms with Gasteiger partial charge in [0, 0.05) is 18.8 Å². The van der Waals surface area contributed by atoms with E-state index in [9.17, 15) is 10.1 Å². The normalized spacial score (nSPS) is 12.7. The minimum Gasteiger partial charge on any atom is -0.295 e. The first-order chi connectivity index (χ1) is 9.91. The molecule has 0 spiro atoms. The number of carbonyl (C=O) groups excluding carboxylic acids is 1. The van der Waals surface area contributed by atoms with Gasteiger partial charge in [0.05, 0.1) is 12.0 Å². The number of carbonyl (C=O) groups is 1. The summed E-state index contributed by atoms with van der Waals surface area (Å²) in [6, 6.07) is 13.8. The van der Waals surface area contributed by atoms with Crippen molar-refractivity contribution in [3.63, 3.8) is 0 Å². The lowest BCUT2D eigenvalue weighted by molar-refractivity contribution is 0.0899. The molecule has 3 nitrogen and oxygen atoms in total. The molecule has 0 aliphatic heterocycles. The van der Waals surface area contributed by atoms with Gasteiger partial charge >= 0.3 is 0 Å². The molecule has 0 radical (unpaired) electrons. The van der Waals surface area contributed by atoms with Crippen LogP contribution in [0.4, 0.5) is 0 Å². The van der Waals surface area contributed by atoms with Gasteiger partial charge in [-0.2, -0.15) is 5.26 Å². The van der Waals surface area contributed by atoms with Gasteiger partial charge in [-0.1, -0.05) is 45.0 Å². The first-order valence-electron chi connectivity index (χ1n) is 7.08. The van der Waals surface area contributed by atoms with Crippen molar-refractivity contribution in [2.24, 2.45) is 0 Å². The van der Waals surface area contributed by atoms with Gasteiger partial charge in [-0.25, -0.2) is 0 Å². The molecule has 0 saturated carbocycles. The molecular weight excluding hydrogens is 260 g/mol. The van der Waals surface area contributed by atoms with E-state index < -0.39 is 5.92 Å². The van der Waals surface area contributed by atoms with Gasteiger partial charge in [0.25, 0.3) is 0 Å². The predicted octanol–water partition coefficient (Wildman–Crippen LogP) is 4.12. The van der Waals surface area contributed by atoms with Crippen molar-refractivity contribution in [3.05, 3.63) is 59.9 Å². The van der Waals surface area contributed by atoms with Gasteiger partial charge in [-0.3, -0.25) is 9.36 Å². The number of nitrogens with zero attached hydrogens (tertiary/aromatic N) is 2. The van der Waals surface area contributed by atoms with Crippen molar-refractivity contribution in [2.45, 2.75) is 38.5 Å². The maximum absolute atomic E-state index is 12.1. The Morgan fingerprint density at radius 1 is 1.19 bits per heavy atom. The summed E-state index contributed by atoms with van der Waals surface area (Å²) >= 11 is 0. The molecule has 0 bridgehead atoms. The summed E-state index contributed by atoms with van der Waals surface area (Å²) in [5.41, 5.74) is 2.20. The average molecular weight is 280 g/mol. The Labute approximate surface area is 125 Å². The maximum atomic E-state index is 12.1. The quantitative estimate of drug-likeness (QED) is 0.848. The van der Waals surface area contributed by atoms with Gasteiger partial charge < -0.3 is 0 Å². The summed E-state index contributed by atoms with van der Waals surface area (Å²) in [6.45, 7) is 6.46. The van der Waals surface area contributed by atoms with E-state index in [0.29, 0.717) is 0 Å². The summed E-state index contributed by atoms with van der Waals surface area (Å²) in [5, 5.41) is 9.34. The summed E-state index contributed by atoms with van der Waals surface area (Å²) < 4.78 is 1.52. The largest absolute Gasteiger partial charge is 0.295 e. The number of benzene rings is 1. The molecule has 0 amide bonds. The van der Waals surface area contributed by atoms with E-state index in [1.165, 1.54) is 10.1 Å². The minimum atomic E-state index is -0.408. The van der Waals surface area contributed by atoms with Crippen LogP contribution in [0.1, 0.15) is 49.0 Å². The standard InChI is InChI=1S/C18H20N2O/c1-18(2,3)16-8-6-14(7-9-16)15(13-19)12-17(21)20-10-4-5-11-20/h4-11,15H,12H2,1-3H3/t15-/m1/s1. The SMILES string of the molecule is CC(C)(C)c1ccc([C@@H](C#N)CC(=O)n2cccc2)cc1. The van der Waals surface area contributed by atoms with E-state index in [-0.39, 0.29) is 17.7 Å². The Morgan fingerprint density at radius 2 is 1.76 bits per heavy atom. The van der Waals surface area contributed by atoms with Crippen molar-refractivity contribution >= 4 is 5.91 Å². The molecule has 0 fully saturated rings. The lowest BCUT2D eigenvalue weighted by Crippen LogP contribution is -2.13. The Kier molecular flexibility index (Phi) is 4.28. The monoisotopic (exact) mass is 280 g/mol. The van der Waals surface area contributed by atoms with Gasteiger partial charge in [-0.15, -0.1) is 0 Å². The lowest BCUT2D eigenvalue weighted by Gasteiger charge is -2.19. The Bertz CT molecular complexity index is 640. The lowest BCUT2D eigenvalue weighted by atomic mass is 9.85. The molecular formula is C18H20N2O. The highest BCUT2D eigenvalue weighted by atomic mass is 16.1. The van der Waals surface area contributed by atoms with E-state index in [2.05, 4.69) is 26.8 Å². The molecule has 0 saturated heterocycles. The number of hydrogen-bond acceptors (Lipinski definition) is 2. The van der Waals surface area contributed by atoms with Crippen LogP contribution in [0.3, 0.4) is 0 Å². The van der Waals surface area contributed by atoms with Crippen LogP contribution >= 0.6 is 0 Å². The number of nitriles is 1. The molecule has 1 aromatic carbocycles. The molecule has 1 heterocycles. The van der Waals surface area contributed by atoms with Crippen LogP contribution in [0.25, 0.3) is 0 Å². The van der Waals surface area contributed by atoms with Gasteiger partial charge in [-0.05, 0) is 28.7 Å². The molecule has 0 aliphatic carbocycles. The second kappa shape index (κ2) is 5.97. The Balaban J connectivity index is 2.15. The minimum absolute atomic E-state index is 0.0635. The summed E-state index contributed by atoms with van der Waals surface area (Å²) in [4.78, 5) is 12.1. The predicted molar refractivity (Wildman–Crippen MR) is 83.2 cm³/mol. The topological polar surface area (TPSA) is 45.8 Å². The third-order valence-electron chi connectivity index (χ3n) is 3.61. The molecule has 1 aromatic heterocycles. The van der Waals surface area contributed by atoms with E-state index in [1.54, 1.807) is 24.5 Å². The zero-order chi connectivity index (χ0) is 15.5. The van der Waals surface area contributed by atoms with Crippen molar-refractivity contribution in [2.75, 3.05) is 0 Å². The van der Waals surface area contributed by atoms with Crippen LogP contribution in [-0.2, 0) is 5.41 Å². The van der Waals surface area contributed by atoms with Gasteiger partial charge in [0.15, 0.2) is 0 Å². The highest BCUT2D eigenvalue weighted by Crippen LogP contribution is 2.26. The van der Waals surface area contributed by atoms with E-state index >= 15 is 0 Å². The van der Waals surface area contributed by atoms with Gasteiger partial charge in [0.2, 0.25) is 5.91 Å². The Morgan fingerprint density at radius 3 is 2.24 bits per heavy atom. The van der Waals surface area contributed by atoms with Crippen molar-refractivity contribution < 1.29 is 4.79 Å². The zero-order valence-electron chi connectivity index (χ0n) is 12.7. The van der Waals surface area contributed by atoms with Gasteiger partial charge in [0.1, 0.15) is 0 Å². The van der Waals surface area contributed by atoms with Crippen molar-refractivity contribution in [1.82, 2.24) is 4.57 Å². The van der Waals surface area contributed by atoms with E-state index in [1.807, 2.05) is 24.3 Å². The van der Waals surface area contributed by atoms with Crippen molar-refractivity contribution in [3.8, 4) is 6.07 Å². The van der Waals surface area contributed by atoms with Crippen LogP contribution in [0, 0.1) is 11.3 Å². The fourth-order valence-corrected chi connectivity index (χ4v) is 2.23. The van der Waals surface area contributed by atoms with E-state index in [4.69, 9.17) is 0 Å². The van der Waals surface area contributed by atoms with Crippen LogP contribution in [0.2, 0.25) is 0 Å². The first-order valence-corrected chi connectivity index (χ1v) is 7.08. The molecule has 2 rings (SSSR count). The number of aromatic nitrogens is 1. The fourth-order valence-electron chi connectivity index (χ4n) is 2.23. The second-order valence-electron chi connectivity index (χ2n) is 6.24. The molecule has 2 aromatic rings. The van der Waals surface area contributed by atoms with E-state index in [0.717, 1.165) is 5.56 Å². The first kappa shape index (κ1) is 15.1. The van der Waals surface area contributed by atoms with Crippen LogP contribution in [0.5, 0.6) is 0 Å². The third-order valence-corrected chi connectivity index (χ3v) is 3.61. The molecule has 0 unspecified atom stereocenters. The highest BCUT2D eigenvalue weighted by molar-refractivity contribution is 5.80. The number of rotatable bonds is 3. The molecule has 0 aliphatic rings. The smallest absolute Gasteiger partial charge is 0.232 e. The summed E-state index contributed by atoms with van der Waals surface area (Å²) in [5.74, 6) is -0.472. The molecule has 3 heteroatoms. The molecule has 108 valence electrons. The van der Waals surface area contributed by atoms with Crippen LogP contribution in [-0.4, -0.2) is 10.5 Å².